The quantitative estimate of drug-likeness (QED) is 0.162. The molecule has 5 heteroatoms. The molecule has 40 heavy (non-hydrogen) atoms. The molecule has 2 aromatic rings. The van der Waals surface area contributed by atoms with Gasteiger partial charge < -0.3 is 19.3 Å². The summed E-state index contributed by atoms with van der Waals surface area (Å²) in [6.45, 7) is 6.94. The molecule has 0 spiro atoms. The zero-order chi connectivity index (χ0) is 28.4. The van der Waals surface area contributed by atoms with Crippen molar-refractivity contribution in [2.45, 2.75) is 128 Å². The van der Waals surface area contributed by atoms with Crippen molar-refractivity contribution >= 4 is 0 Å². The van der Waals surface area contributed by atoms with E-state index in [-0.39, 0.29) is 24.4 Å². The van der Waals surface area contributed by atoms with Gasteiger partial charge in [-0.1, -0.05) is 126 Å². The summed E-state index contributed by atoms with van der Waals surface area (Å²) in [5, 5.41) is 10.8. The lowest BCUT2D eigenvalue weighted by atomic mass is 10.1. The summed E-state index contributed by atoms with van der Waals surface area (Å²) in [5.74, 6) is 0. The highest BCUT2D eigenvalue weighted by atomic mass is 16.6. The van der Waals surface area contributed by atoms with E-state index in [0.717, 1.165) is 31.4 Å². The number of likely N-dealkylation sites (N-methyl/N-ethyl adjacent to an activating group) is 1. The average Bonchev–Trinajstić information content (AvgIpc) is 3.34. The van der Waals surface area contributed by atoms with E-state index in [0.29, 0.717) is 19.8 Å². The Balaban J connectivity index is 1.71. The molecular weight excluding hydrogens is 498 g/mol. The number of ether oxygens (including phenoxy) is 3. The highest BCUT2D eigenvalue weighted by Crippen LogP contribution is 2.33. The van der Waals surface area contributed by atoms with Crippen LogP contribution in [0.5, 0.6) is 0 Å². The van der Waals surface area contributed by atoms with E-state index in [1.807, 2.05) is 12.1 Å². The van der Waals surface area contributed by atoms with Crippen LogP contribution in [0, 0.1) is 0 Å². The van der Waals surface area contributed by atoms with Crippen molar-refractivity contribution in [1.82, 2.24) is 4.90 Å². The fraction of sp³-hybridized carbons (Fsp3) is 0.657. The van der Waals surface area contributed by atoms with Crippen LogP contribution in [0.1, 0.15) is 95.6 Å². The summed E-state index contributed by atoms with van der Waals surface area (Å²) in [5.41, 5.74) is 2.34. The third-order valence-corrected chi connectivity index (χ3v) is 8.16. The number of rotatable bonds is 21. The standard InChI is InChI=1S/C35H55NO4/c1-4-6-8-10-18-24-36(3)34-32(38-26-29-19-13-11-14-20-29)25-33(39-27-30-21-15-12-16-22-30)35(34)40-28-31(37)23-17-9-7-5-2/h11-16,19-22,31-35,37H,4-10,17-18,23-28H2,1-3H3/t31?,32-,33+,34+,35+/m1/s1. The Hall–Kier alpha value is -1.76. The summed E-state index contributed by atoms with van der Waals surface area (Å²) in [6.07, 6.45) is 11.7. The van der Waals surface area contributed by atoms with Crippen LogP contribution in [-0.2, 0) is 27.4 Å². The number of aliphatic hydroxyl groups excluding tert-OH is 1. The molecule has 1 N–H and O–H groups in total. The first-order valence-electron chi connectivity index (χ1n) is 15.9. The average molecular weight is 554 g/mol. The lowest BCUT2D eigenvalue weighted by molar-refractivity contribution is -0.107. The predicted molar refractivity (Wildman–Crippen MR) is 164 cm³/mol. The predicted octanol–water partition coefficient (Wildman–Crippen LogP) is 7.55. The zero-order valence-electron chi connectivity index (χ0n) is 25.4. The Labute approximate surface area is 244 Å². The maximum Gasteiger partial charge on any atom is 0.102 e. The first kappa shape index (κ1) is 32.8. The molecule has 1 saturated carbocycles. The molecule has 2 aromatic carbocycles. The Morgan fingerprint density at radius 2 is 1.27 bits per heavy atom. The number of nitrogens with zero attached hydrogens (tertiary/aromatic N) is 1. The zero-order valence-corrected chi connectivity index (χ0v) is 25.4. The summed E-state index contributed by atoms with van der Waals surface area (Å²) >= 11 is 0. The molecule has 0 heterocycles. The molecule has 1 fully saturated rings. The largest absolute Gasteiger partial charge is 0.391 e. The Morgan fingerprint density at radius 3 is 1.88 bits per heavy atom. The third-order valence-electron chi connectivity index (χ3n) is 8.16. The van der Waals surface area contributed by atoms with Gasteiger partial charge in [-0.05, 0) is 37.6 Å². The summed E-state index contributed by atoms with van der Waals surface area (Å²) in [7, 11) is 2.21. The fourth-order valence-corrected chi connectivity index (χ4v) is 5.79. The van der Waals surface area contributed by atoms with Gasteiger partial charge in [0.05, 0.1) is 44.2 Å². The summed E-state index contributed by atoms with van der Waals surface area (Å²) in [6, 6.07) is 20.8. The number of unbranched alkanes of at least 4 members (excludes halogenated alkanes) is 7. The van der Waals surface area contributed by atoms with Crippen molar-refractivity contribution in [3.05, 3.63) is 71.8 Å². The van der Waals surface area contributed by atoms with E-state index in [1.165, 1.54) is 56.9 Å². The molecule has 0 amide bonds. The molecule has 0 radical (unpaired) electrons. The van der Waals surface area contributed by atoms with Gasteiger partial charge in [-0.25, -0.2) is 0 Å². The van der Waals surface area contributed by atoms with Crippen LogP contribution in [0.2, 0.25) is 0 Å². The Morgan fingerprint density at radius 1 is 0.725 bits per heavy atom. The highest BCUT2D eigenvalue weighted by Gasteiger charge is 2.47. The minimum atomic E-state index is -0.448. The van der Waals surface area contributed by atoms with Crippen LogP contribution in [0.25, 0.3) is 0 Å². The van der Waals surface area contributed by atoms with Crippen molar-refractivity contribution in [2.75, 3.05) is 20.2 Å². The molecule has 1 aliphatic carbocycles. The van der Waals surface area contributed by atoms with Gasteiger partial charge in [0.1, 0.15) is 6.10 Å². The van der Waals surface area contributed by atoms with Gasteiger partial charge in [-0.3, -0.25) is 4.90 Å². The monoisotopic (exact) mass is 553 g/mol. The third kappa shape index (κ3) is 11.6. The minimum absolute atomic E-state index is 0.00619. The topological polar surface area (TPSA) is 51.2 Å². The molecule has 5 nitrogen and oxygen atoms in total. The fourth-order valence-electron chi connectivity index (χ4n) is 5.79. The molecule has 224 valence electrons. The Kier molecular flexibility index (Phi) is 15.9. The van der Waals surface area contributed by atoms with E-state index in [2.05, 4.69) is 74.3 Å². The second kappa shape index (κ2) is 19.4. The van der Waals surface area contributed by atoms with E-state index >= 15 is 0 Å². The molecule has 0 saturated heterocycles. The van der Waals surface area contributed by atoms with Gasteiger partial charge in [-0.2, -0.15) is 0 Å². The second-order valence-corrected chi connectivity index (χ2v) is 11.6. The number of benzene rings is 2. The smallest absolute Gasteiger partial charge is 0.102 e. The molecule has 1 aliphatic rings. The van der Waals surface area contributed by atoms with E-state index in [1.54, 1.807) is 0 Å². The first-order valence-corrected chi connectivity index (χ1v) is 15.9. The number of hydrogen-bond donors (Lipinski definition) is 1. The normalized spacial score (nSPS) is 21.7. The lowest BCUT2D eigenvalue weighted by Crippen LogP contribution is -2.49. The highest BCUT2D eigenvalue weighted by molar-refractivity contribution is 5.15. The van der Waals surface area contributed by atoms with Gasteiger partial charge in [-0.15, -0.1) is 0 Å². The van der Waals surface area contributed by atoms with Crippen LogP contribution in [0.15, 0.2) is 60.7 Å². The summed E-state index contributed by atoms with van der Waals surface area (Å²) in [4.78, 5) is 2.44. The molecule has 0 aliphatic heterocycles. The minimum Gasteiger partial charge on any atom is -0.391 e. The summed E-state index contributed by atoms with van der Waals surface area (Å²) < 4.78 is 19.8. The molecule has 0 bridgehead atoms. The molecule has 5 atom stereocenters. The molecule has 3 rings (SSSR count). The van der Waals surface area contributed by atoms with E-state index in [9.17, 15) is 5.11 Å². The maximum atomic E-state index is 10.8. The van der Waals surface area contributed by atoms with Gasteiger partial charge in [0.15, 0.2) is 0 Å². The second-order valence-electron chi connectivity index (χ2n) is 11.6. The van der Waals surface area contributed by atoms with Gasteiger partial charge in [0.25, 0.3) is 0 Å². The van der Waals surface area contributed by atoms with Crippen molar-refractivity contribution in [3.8, 4) is 0 Å². The van der Waals surface area contributed by atoms with Gasteiger partial charge in [0.2, 0.25) is 0 Å². The number of aliphatic hydroxyl groups is 1. The first-order chi connectivity index (χ1) is 19.6. The van der Waals surface area contributed by atoms with Crippen molar-refractivity contribution < 1.29 is 19.3 Å². The Bertz CT molecular complexity index is 879. The lowest BCUT2D eigenvalue weighted by Gasteiger charge is -2.35. The molecular formula is C35H55NO4. The van der Waals surface area contributed by atoms with Crippen LogP contribution < -0.4 is 0 Å². The van der Waals surface area contributed by atoms with Crippen molar-refractivity contribution in [3.63, 3.8) is 0 Å². The van der Waals surface area contributed by atoms with Crippen LogP contribution in [-0.4, -0.2) is 60.7 Å². The van der Waals surface area contributed by atoms with E-state index in [4.69, 9.17) is 14.2 Å². The van der Waals surface area contributed by atoms with Crippen molar-refractivity contribution in [1.29, 1.82) is 0 Å². The van der Waals surface area contributed by atoms with E-state index < -0.39 is 6.10 Å². The molecule has 1 unspecified atom stereocenters. The number of hydrogen-bond acceptors (Lipinski definition) is 5. The van der Waals surface area contributed by atoms with Gasteiger partial charge >= 0.3 is 0 Å². The van der Waals surface area contributed by atoms with Crippen molar-refractivity contribution in [2.24, 2.45) is 0 Å². The van der Waals surface area contributed by atoms with Crippen LogP contribution in [0.3, 0.4) is 0 Å². The maximum absolute atomic E-state index is 10.8. The molecule has 0 aromatic heterocycles. The van der Waals surface area contributed by atoms with Gasteiger partial charge in [0, 0.05) is 6.42 Å². The van der Waals surface area contributed by atoms with Crippen LogP contribution in [0.4, 0.5) is 0 Å². The van der Waals surface area contributed by atoms with Crippen LogP contribution >= 0.6 is 0 Å². The SMILES string of the molecule is CCCCCCCN(C)[C@@H]1[C@@H](OCC(O)CCCCCC)[C@@H](OCc2ccccc2)C[C@H]1OCc1ccccc1.